The molecular formula is C17H16FN5. The van der Waals surface area contributed by atoms with Gasteiger partial charge in [-0.05, 0) is 18.2 Å². The van der Waals surface area contributed by atoms with E-state index in [4.69, 9.17) is 0 Å². The molecule has 0 spiro atoms. The van der Waals surface area contributed by atoms with Gasteiger partial charge in [0.2, 0.25) is 5.95 Å². The summed E-state index contributed by atoms with van der Waals surface area (Å²) in [7, 11) is 1.75. The summed E-state index contributed by atoms with van der Waals surface area (Å²) in [6.07, 6.45) is 1.71. The van der Waals surface area contributed by atoms with Crippen LogP contribution in [-0.2, 0) is 6.54 Å². The van der Waals surface area contributed by atoms with E-state index in [1.807, 2.05) is 18.2 Å². The Kier molecular flexibility index (Phi) is 4.42. The number of anilines is 2. The molecule has 0 saturated carbocycles. The Labute approximate surface area is 133 Å². The topological polar surface area (TPSA) is 62.7 Å². The first-order valence-electron chi connectivity index (χ1n) is 7.22. The van der Waals surface area contributed by atoms with Gasteiger partial charge in [-0.3, -0.25) is 4.98 Å². The summed E-state index contributed by atoms with van der Waals surface area (Å²) in [5.74, 6) is 0.838. The van der Waals surface area contributed by atoms with E-state index in [1.54, 1.807) is 37.5 Å². The van der Waals surface area contributed by atoms with Gasteiger partial charge in [0.1, 0.15) is 11.6 Å². The maximum Gasteiger partial charge on any atom is 0.224 e. The summed E-state index contributed by atoms with van der Waals surface area (Å²) in [4.78, 5) is 13.0. The lowest BCUT2D eigenvalue weighted by atomic mass is 10.2. The van der Waals surface area contributed by atoms with Gasteiger partial charge in [-0.1, -0.05) is 24.3 Å². The third-order valence-electron chi connectivity index (χ3n) is 3.29. The lowest BCUT2D eigenvalue weighted by molar-refractivity contribution is 0.613. The van der Waals surface area contributed by atoms with Gasteiger partial charge in [-0.15, -0.1) is 0 Å². The quantitative estimate of drug-likeness (QED) is 0.757. The molecule has 3 rings (SSSR count). The molecule has 0 aliphatic heterocycles. The van der Waals surface area contributed by atoms with Crippen molar-refractivity contribution in [1.82, 2.24) is 15.0 Å². The molecule has 23 heavy (non-hydrogen) atoms. The van der Waals surface area contributed by atoms with Crippen molar-refractivity contribution in [2.24, 2.45) is 0 Å². The Balaban J connectivity index is 1.86. The van der Waals surface area contributed by atoms with E-state index < -0.39 is 0 Å². The molecule has 0 radical (unpaired) electrons. The highest BCUT2D eigenvalue weighted by molar-refractivity contribution is 5.60. The van der Waals surface area contributed by atoms with E-state index >= 15 is 0 Å². The molecule has 2 heterocycles. The minimum Gasteiger partial charge on any atom is -0.366 e. The summed E-state index contributed by atoms with van der Waals surface area (Å²) < 4.78 is 13.7. The molecule has 3 aromatic rings. The van der Waals surface area contributed by atoms with Gasteiger partial charge >= 0.3 is 0 Å². The predicted molar refractivity (Wildman–Crippen MR) is 88.5 cm³/mol. The first kappa shape index (κ1) is 14.9. The molecule has 0 bridgehead atoms. The highest BCUT2D eigenvalue weighted by Crippen LogP contribution is 2.20. The van der Waals surface area contributed by atoms with Crippen LogP contribution < -0.4 is 10.6 Å². The molecule has 0 aliphatic carbocycles. The average molecular weight is 309 g/mol. The first-order valence-corrected chi connectivity index (χ1v) is 7.22. The fourth-order valence-corrected chi connectivity index (χ4v) is 2.12. The van der Waals surface area contributed by atoms with Crippen molar-refractivity contribution in [3.8, 4) is 11.4 Å². The summed E-state index contributed by atoms with van der Waals surface area (Å²) in [6, 6.07) is 14.1. The lowest BCUT2D eigenvalue weighted by Gasteiger charge is -2.10. The van der Waals surface area contributed by atoms with E-state index in [0.29, 0.717) is 29.6 Å². The van der Waals surface area contributed by atoms with Gasteiger partial charge in [-0.2, -0.15) is 4.98 Å². The Hall–Kier alpha value is -3.02. The van der Waals surface area contributed by atoms with E-state index in [2.05, 4.69) is 25.6 Å². The van der Waals surface area contributed by atoms with Crippen LogP contribution in [0.15, 0.2) is 54.7 Å². The second-order valence-corrected chi connectivity index (χ2v) is 4.87. The molecule has 0 unspecified atom stereocenters. The van der Waals surface area contributed by atoms with Gasteiger partial charge in [0.05, 0.1) is 11.4 Å². The molecule has 5 nitrogen and oxygen atoms in total. The summed E-state index contributed by atoms with van der Waals surface area (Å²) in [5, 5.41) is 6.05. The molecule has 1 aromatic carbocycles. The van der Waals surface area contributed by atoms with Crippen molar-refractivity contribution in [3.05, 3.63) is 66.1 Å². The zero-order valence-corrected chi connectivity index (χ0v) is 12.6. The highest BCUT2D eigenvalue weighted by atomic mass is 19.1. The monoisotopic (exact) mass is 309 g/mol. The molecule has 0 fully saturated rings. The van der Waals surface area contributed by atoms with Gasteiger partial charge in [0, 0.05) is 31.4 Å². The van der Waals surface area contributed by atoms with Crippen LogP contribution in [0.1, 0.15) is 5.56 Å². The van der Waals surface area contributed by atoms with Crippen LogP contribution in [0.4, 0.5) is 16.2 Å². The fraction of sp³-hybridized carbons (Fsp3) is 0.118. The largest absolute Gasteiger partial charge is 0.366 e. The lowest BCUT2D eigenvalue weighted by Crippen LogP contribution is -2.06. The number of aromatic nitrogens is 3. The van der Waals surface area contributed by atoms with Crippen molar-refractivity contribution in [2.75, 3.05) is 17.7 Å². The Morgan fingerprint density at radius 1 is 1.00 bits per heavy atom. The van der Waals surface area contributed by atoms with Gasteiger partial charge in [-0.25, -0.2) is 9.37 Å². The first-order chi connectivity index (χ1) is 11.3. The van der Waals surface area contributed by atoms with Gasteiger partial charge in [0.25, 0.3) is 0 Å². The van der Waals surface area contributed by atoms with Crippen LogP contribution in [-0.4, -0.2) is 22.0 Å². The van der Waals surface area contributed by atoms with Crippen molar-refractivity contribution in [3.63, 3.8) is 0 Å². The number of nitrogens with one attached hydrogen (secondary N) is 2. The summed E-state index contributed by atoms with van der Waals surface area (Å²) in [6.45, 7) is 0.342. The number of nitrogens with zero attached hydrogens (tertiary/aromatic N) is 3. The van der Waals surface area contributed by atoms with E-state index in [-0.39, 0.29) is 5.82 Å². The Morgan fingerprint density at radius 3 is 2.57 bits per heavy atom. The molecule has 0 saturated heterocycles. The van der Waals surface area contributed by atoms with E-state index in [0.717, 1.165) is 5.69 Å². The molecule has 0 amide bonds. The Morgan fingerprint density at radius 2 is 1.83 bits per heavy atom. The zero-order valence-electron chi connectivity index (χ0n) is 12.6. The normalized spacial score (nSPS) is 10.3. The SMILES string of the molecule is CNc1nc(NCc2ccccc2F)cc(-c2ccccn2)n1. The van der Waals surface area contributed by atoms with Crippen LogP contribution in [0, 0.1) is 5.82 Å². The minimum absolute atomic E-state index is 0.243. The van der Waals surface area contributed by atoms with Crippen LogP contribution in [0.3, 0.4) is 0 Å². The standard InChI is InChI=1S/C17H16FN5/c1-19-17-22-15(14-8-4-5-9-20-14)10-16(23-17)21-11-12-6-2-3-7-13(12)18/h2-10H,11H2,1H3,(H2,19,21,22,23). The van der Waals surface area contributed by atoms with Crippen molar-refractivity contribution >= 4 is 11.8 Å². The number of hydrogen-bond donors (Lipinski definition) is 2. The number of hydrogen-bond acceptors (Lipinski definition) is 5. The number of rotatable bonds is 5. The molecular weight excluding hydrogens is 293 g/mol. The van der Waals surface area contributed by atoms with Crippen LogP contribution in [0.25, 0.3) is 11.4 Å². The second kappa shape index (κ2) is 6.83. The van der Waals surface area contributed by atoms with Crippen LogP contribution >= 0.6 is 0 Å². The smallest absolute Gasteiger partial charge is 0.224 e. The number of halogens is 1. The zero-order chi connectivity index (χ0) is 16.1. The summed E-state index contributed by atoms with van der Waals surface area (Å²) in [5.41, 5.74) is 2.03. The predicted octanol–water partition coefficient (Wildman–Crippen LogP) is 3.33. The fourth-order valence-electron chi connectivity index (χ4n) is 2.12. The third kappa shape index (κ3) is 3.60. The van der Waals surface area contributed by atoms with Crippen molar-refractivity contribution < 1.29 is 4.39 Å². The van der Waals surface area contributed by atoms with E-state index in [9.17, 15) is 4.39 Å². The second-order valence-electron chi connectivity index (χ2n) is 4.87. The van der Waals surface area contributed by atoms with Gasteiger partial charge in [0.15, 0.2) is 0 Å². The van der Waals surface area contributed by atoms with Crippen molar-refractivity contribution in [2.45, 2.75) is 6.54 Å². The number of pyridine rings is 1. The van der Waals surface area contributed by atoms with Gasteiger partial charge < -0.3 is 10.6 Å². The third-order valence-corrected chi connectivity index (χ3v) is 3.29. The molecule has 2 aromatic heterocycles. The summed E-state index contributed by atoms with van der Waals surface area (Å²) >= 11 is 0. The molecule has 2 N–H and O–H groups in total. The number of benzene rings is 1. The minimum atomic E-state index is -0.243. The van der Waals surface area contributed by atoms with Crippen molar-refractivity contribution in [1.29, 1.82) is 0 Å². The Bertz CT molecular complexity index is 792. The van der Waals surface area contributed by atoms with Crippen LogP contribution in [0.2, 0.25) is 0 Å². The average Bonchev–Trinajstić information content (AvgIpc) is 2.61. The maximum absolute atomic E-state index is 13.7. The molecule has 6 heteroatoms. The molecule has 0 atom stereocenters. The van der Waals surface area contributed by atoms with E-state index in [1.165, 1.54) is 6.07 Å². The highest BCUT2D eigenvalue weighted by Gasteiger charge is 2.07. The van der Waals surface area contributed by atoms with Crippen LogP contribution in [0.5, 0.6) is 0 Å². The maximum atomic E-state index is 13.7. The molecule has 0 aliphatic rings. The molecule has 116 valence electrons.